The molecule has 5 heteroatoms. The van der Waals surface area contributed by atoms with Crippen molar-refractivity contribution >= 4 is 23.6 Å². The second-order valence-corrected chi connectivity index (χ2v) is 8.14. The van der Waals surface area contributed by atoms with Crippen LogP contribution in [0.1, 0.15) is 49.7 Å². The normalized spacial score (nSPS) is 18.5. The van der Waals surface area contributed by atoms with Gasteiger partial charge in [0.15, 0.2) is 11.5 Å². The molecule has 2 aromatic rings. The van der Waals surface area contributed by atoms with Crippen LogP contribution in [0.25, 0.3) is 6.08 Å². The molecule has 0 unspecified atom stereocenters. The van der Waals surface area contributed by atoms with E-state index in [4.69, 9.17) is 4.74 Å². The summed E-state index contributed by atoms with van der Waals surface area (Å²) in [6.07, 6.45) is 8.52. The first-order valence-corrected chi connectivity index (χ1v) is 10.8. The molecule has 5 nitrogen and oxygen atoms in total. The zero-order valence-electron chi connectivity index (χ0n) is 17.4. The summed E-state index contributed by atoms with van der Waals surface area (Å²) in [6, 6.07) is 15.4. The SMILES string of the molecule is Cc1cccc(/C=C2/Oc3ccccc3N(CC(=O)NC3CCCCCC3)C2=O)c1. The fraction of sp³-hybridized carbons (Fsp3) is 0.360. The molecule has 0 bridgehead atoms. The number of rotatable bonds is 4. The van der Waals surface area contributed by atoms with Crippen LogP contribution in [0.4, 0.5) is 5.69 Å². The van der Waals surface area contributed by atoms with Crippen LogP contribution in [0, 0.1) is 6.92 Å². The van der Waals surface area contributed by atoms with Gasteiger partial charge in [0.05, 0.1) is 5.69 Å². The Balaban J connectivity index is 1.56. The first-order valence-electron chi connectivity index (χ1n) is 10.8. The summed E-state index contributed by atoms with van der Waals surface area (Å²) in [5, 5.41) is 3.14. The Bertz CT molecular complexity index is 958. The van der Waals surface area contributed by atoms with E-state index in [0.717, 1.165) is 36.8 Å². The van der Waals surface area contributed by atoms with Crippen LogP contribution in [0.2, 0.25) is 0 Å². The highest BCUT2D eigenvalue weighted by atomic mass is 16.5. The lowest BCUT2D eigenvalue weighted by molar-refractivity contribution is -0.124. The standard InChI is InChI=1S/C25H28N2O3/c1-18-9-8-10-19(15-18)16-23-25(29)27(21-13-6-7-14-22(21)30-23)17-24(28)26-20-11-4-2-3-5-12-20/h6-10,13-16,20H,2-5,11-12,17H2,1H3,(H,26,28)/b23-16+. The Hall–Kier alpha value is -3.08. The topological polar surface area (TPSA) is 58.6 Å². The maximum atomic E-state index is 13.2. The number of anilines is 1. The molecule has 2 aromatic carbocycles. The lowest BCUT2D eigenvalue weighted by atomic mass is 10.1. The van der Waals surface area contributed by atoms with Gasteiger partial charge in [-0.15, -0.1) is 0 Å². The third-order valence-corrected chi connectivity index (χ3v) is 5.69. The van der Waals surface area contributed by atoms with Crippen molar-refractivity contribution in [1.29, 1.82) is 0 Å². The summed E-state index contributed by atoms with van der Waals surface area (Å²) < 4.78 is 5.90. The van der Waals surface area contributed by atoms with Crippen molar-refractivity contribution in [3.8, 4) is 5.75 Å². The number of fused-ring (bicyclic) bond motifs is 1. The first-order chi connectivity index (χ1) is 14.6. The lowest BCUT2D eigenvalue weighted by Crippen LogP contribution is -2.46. The van der Waals surface area contributed by atoms with Gasteiger partial charge in [0.1, 0.15) is 6.54 Å². The van der Waals surface area contributed by atoms with E-state index in [-0.39, 0.29) is 30.2 Å². The maximum Gasteiger partial charge on any atom is 0.294 e. The molecule has 1 heterocycles. The number of nitrogens with zero attached hydrogens (tertiary/aromatic N) is 1. The van der Waals surface area contributed by atoms with Crippen molar-refractivity contribution in [2.75, 3.05) is 11.4 Å². The molecule has 30 heavy (non-hydrogen) atoms. The van der Waals surface area contributed by atoms with E-state index in [1.54, 1.807) is 6.08 Å². The monoisotopic (exact) mass is 404 g/mol. The van der Waals surface area contributed by atoms with E-state index in [1.807, 2.05) is 55.5 Å². The Morgan fingerprint density at radius 1 is 1.10 bits per heavy atom. The van der Waals surface area contributed by atoms with Gasteiger partial charge < -0.3 is 10.1 Å². The fourth-order valence-corrected chi connectivity index (χ4v) is 4.17. The molecule has 156 valence electrons. The number of ether oxygens (including phenoxy) is 1. The Morgan fingerprint density at radius 3 is 2.63 bits per heavy atom. The summed E-state index contributed by atoms with van der Waals surface area (Å²) in [5.74, 6) is 0.382. The smallest absolute Gasteiger partial charge is 0.294 e. The first kappa shape index (κ1) is 20.2. The number of amides is 2. The van der Waals surface area contributed by atoms with Crippen LogP contribution >= 0.6 is 0 Å². The molecule has 0 saturated heterocycles. The minimum Gasteiger partial charge on any atom is -0.449 e. The zero-order valence-corrected chi connectivity index (χ0v) is 17.4. The van der Waals surface area contributed by atoms with Gasteiger partial charge in [-0.05, 0) is 43.5 Å². The number of hydrogen-bond donors (Lipinski definition) is 1. The summed E-state index contributed by atoms with van der Waals surface area (Å²) in [5.41, 5.74) is 2.62. The molecule has 1 fully saturated rings. The van der Waals surface area contributed by atoms with Crippen LogP contribution in [0.5, 0.6) is 5.75 Å². The molecule has 2 amide bonds. The third-order valence-electron chi connectivity index (χ3n) is 5.69. The summed E-state index contributed by atoms with van der Waals surface area (Å²) in [6.45, 7) is 1.99. The van der Waals surface area contributed by atoms with Gasteiger partial charge in [-0.1, -0.05) is 67.6 Å². The van der Waals surface area contributed by atoms with Crippen LogP contribution in [-0.4, -0.2) is 24.4 Å². The second-order valence-electron chi connectivity index (χ2n) is 8.14. The van der Waals surface area contributed by atoms with Crippen molar-refractivity contribution in [2.24, 2.45) is 0 Å². The van der Waals surface area contributed by atoms with Crippen LogP contribution < -0.4 is 15.0 Å². The predicted octanol–water partition coefficient (Wildman–Crippen LogP) is 4.60. The summed E-state index contributed by atoms with van der Waals surface area (Å²) >= 11 is 0. The van der Waals surface area contributed by atoms with Gasteiger partial charge in [0, 0.05) is 6.04 Å². The van der Waals surface area contributed by atoms with Gasteiger partial charge in [0.25, 0.3) is 5.91 Å². The van der Waals surface area contributed by atoms with E-state index in [0.29, 0.717) is 11.4 Å². The van der Waals surface area contributed by atoms with Gasteiger partial charge >= 0.3 is 0 Å². The third kappa shape index (κ3) is 4.73. The molecule has 0 radical (unpaired) electrons. The van der Waals surface area contributed by atoms with Gasteiger partial charge in [-0.25, -0.2) is 0 Å². The molecule has 2 aliphatic rings. The number of carbonyl (C=O) groups excluding carboxylic acids is 2. The minimum atomic E-state index is -0.300. The summed E-state index contributed by atoms with van der Waals surface area (Å²) in [4.78, 5) is 27.5. The predicted molar refractivity (Wildman–Crippen MR) is 118 cm³/mol. The van der Waals surface area contributed by atoms with Crippen LogP contribution in [-0.2, 0) is 9.59 Å². The quantitative estimate of drug-likeness (QED) is 0.598. The second kappa shape index (κ2) is 9.16. The Kier molecular flexibility index (Phi) is 6.17. The highest BCUT2D eigenvalue weighted by Gasteiger charge is 2.32. The summed E-state index contributed by atoms with van der Waals surface area (Å²) in [7, 11) is 0. The largest absolute Gasteiger partial charge is 0.449 e. The van der Waals surface area contributed by atoms with Crippen molar-refractivity contribution in [1.82, 2.24) is 5.32 Å². The molecule has 4 rings (SSSR count). The average molecular weight is 405 g/mol. The lowest BCUT2D eigenvalue weighted by Gasteiger charge is -2.30. The molecule has 1 N–H and O–H groups in total. The number of para-hydroxylation sites is 2. The molecule has 1 saturated carbocycles. The average Bonchev–Trinajstić information content (AvgIpc) is 3.00. The van der Waals surface area contributed by atoms with Gasteiger partial charge in [-0.2, -0.15) is 0 Å². The van der Waals surface area contributed by atoms with E-state index in [9.17, 15) is 9.59 Å². The molecule has 1 aliphatic heterocycles. The minimum absolute atomic E-state index is 0.0130. The molecule has 0 atom stereocenters. The Morgan fingerprint density at radius 2 is 1.87 bits per heavy atom. The number of carbonyl (C=O) groups is 2. The highest BCUT2D eigenvalue weighted by Crippen LogP contribution is 2.35. The van der Waals surface area contributed by atoms with Crippen LogP contribution in [0.15, 0.2) is 54.3 Å². The highest BCUT2D eigenvalue weighted by molar-refractivity contribution is 6.12. The van der Waals surface area contributed by atoms with Crippen molar-refractivity contribution in [3.05, 3.63) is 65.4 Å². The molecule has 0 aromatic heterocycles. The zero-order chi connectivity index (χ0) is 20.9. The van der Waals surface area contributed by atoms with Gasteiger partial charge in [-0.3, -0.25) is 14.5 Å². The van der Waals surface area contributed by atoms with Crippen LogP contribution in [0.3, 0.4) is 0 Å². The molecule has 0 spiro atoms. The number of benzene rings is 2. The molecule has 1 aliphatic carbocycles. The van der Waals surface area contributed by atoms with Crippen molar-refractivity contribution < 1.29 is 14.3 Å². The number of nitrogens with one attached hydrogen (secondary N) is 1. The number of hydrogen-bond acceptors (Lipinski definition) is 3. The van der Waals surface area contributed by atoms with E-state index in [2.05, 4.69) is 5.32 Å². The van der Waals surface area contributed by atoms with Crippen molar-refractivity contribution in [3.63, 3.8) is 0 Å². The van der Waals surface area contributed by atoms with E-state index < -0.39 is 0 Å². The maximum absolute atomic E-state index is 13.2. The number of aryl methyl sites for hydroxylation is 1. The van der Waals surface area contributed by atoms with E-state index in [1.165, 1.54) is 17.7 Å². The molecular weight excluding hydrogens is 376 g/mol. The van der Waals surface area contributed by atoms with Gasteiger partial charge in [0.2, 0.25) is 5.91 Å². The Labute approximate surface area is 177 Å². The van der Waals surface area contributed by atoms with E-state index >= 15 is 0 Å². The van der Waals surface area contributed by atoms with Crippen molar-refractivity contribution in [2.45, 2.75) is 51.5 Å². The molecular formula is C25H28N2O3. The fourth-order valence-electron chi connectivity index (χ4n) is 4.17.